The largest absolute Gasteiger partial charge is 0.493 e. The highest BCUT2D eigenvalue weighted by molar-refractivity contribution is 5.96. The maximum atomic E-state index is 12.3. The molecule has 28 heavy (non-hydrogen) atoms. The fourth-order valence-electron chi connectivity index (χ4n) is 3.22. The quantitative estimate of drug-likeness (QED) is 0.803. The van der Waals surface area contributed by atoms with Crippen LogP contribution in [0, 0.1) is 12.8 Å². The van der Waals surface area contributed by atoms with Crippen molar-refractivity contribution in [3.05, 3.63) is 48.0 Å². The number of benzene rings is 2. The van der Waals surface area contributed by atoms with Crippen LogP contribution in [0.4, 0.5) is 16.2 Å². The topological polar surface area (TPSA) is 79.9 Å². The van der Waals surface area contributed by atoms with E-state index in [1.54, 1.807) is 37.3 Å². The predicted octanol–water partition coefficient (Wildman–Crippen LogP) is 3.19. The first-order valence-corrected chi connectivity index (χ1v) is 9.14. The molecular formula is C21H25N3O4. The van der Waals surface area contributed by atoms with Crippen molar-refractivity contribution in [3.63, 3.8) is 0 Å². The van der Waals surface area contributed by atoms with Crippen molar-refractivity contribution in [3.8, 4) is 11.5 Å². The number of nitrogens with zero attached hydrogens (tertiary/aromatic N) is 1. The Bertz CT molecular complexity index is 851. The Balaban J connectivity index is 1.52. The molecule has 0 aliphatic carbocycles. The van der Waals surface area contributed by atoms with E-state index >= 15 is 0 Å². The number of nitrogens with one attached hydrogen (secondary N) is 2. The van der Waals surface area contributed by atoms with Gasteiger partial charge < -0.3 is 25.0 Å². The average molecular weight is 383 g/mol. The Kier molecular flexibility index (Phi) is 6.03. The van der Waals surface area contributed by atoms with E-state index in [9.17, 15) is 9.59 Å². The van der Waals surface area contributed by atoms with Crippen molar-refractivity contribution in [1.82, 2.24) is 5.32 Å². The monoisotopic (exact) mass is 383 g/mol. The standard InChI is InChI=1S/C21H25N3O4/c1-14-4-7-17(8-5-14)24-13-15(10-20(24)25)12-22-21(26)23-16-6-9-18(27-2)19(11-16)28-3/h4-9,11,15H,10,12-13H2,1-3H3,(H2,22,23,26)/t15-/m1/s1. The molecule has 0 saturated carbocycles. The molecule has 7 heteroatoms. The summed E-state index contributed by atoms with van der Waals surface area (Å²) in [5.74, 6) is 1.28. The lowest BCUT2D eigenvalue weighted by molar-refractivity contribution is -0.117. The van der Waals surface area contributed by atoms with Crippen LogP contribution in [0.3, 0.4) is 0 Å². The molecule has 1 saturated heterocycles. The number of urea groups is 1. The molecule has 2 N–H and O–H groups in total. The number of ether oxygens (including phenoxy) is 2. The minimum Gasteiger partial charge on any atom is -0.493 e. The summed E-state index contributed by atoms with van der Waals surface area (Å²) in [6, 6.07) is 12.7. The van der Waals surface area contributed by atoms with Gasteiger partial charge in [0.05, 0.1) is 14.2 Å². The number of carbonyl (C=O) groups excluding carboxylic acids is 2. The second-order valence-electron chi connectivity index (χ2n) is 6.81. The van der Waals surface area contributed by atoms with Gasteiger partial charge in [0.2, 0.25) is 5.91 Å². The van der Waals surface area contributed by atoms with Gasteiger partial charge in [0.25, 0.3) is 0 Å². The Morgan fingerprint density at radius 2 is 1.82 bits per heavy atom. The second kappa shape index (κ2) is 8.65. The first kappa shape index (κ1) is 19.5. The molecule has 1 atom stereocenters. The first-order valence-electron chi connectivity index (χ1n) is 9.14. The Morgan fingerprint density at radius 1 is 1.11 bits per heavy atom. The Labute approximate surface area is 164 Å². The molecule has 0 bridgehead atoms. The van der Waals surface area contributed by atoms with Gasteiger partial charge in [-0.15, -0.1) is 0 Å². The minimum atomic E-state index is -0.326. The number of carbonyl (C=O) groups is 2. The van der Waals surface area contributed by atoms with Crippen molar-refractivity contribution >= 4 is 23.3 Å². The summed E-state index contributed by atoms with van der Waals surface area (Å²) in [7, 11) is 3.10. The molecule has 2 aromatic carbocycles. The van der Waals surface area contributed by atoms with Crippen LogP contribution in [0.5, 0.6) is 11.5 Å². The molecule has 0 spiro atoms. The normalized spacial score (nSPS) is 16.0. The van der Waals surface area contributed by atoms with Gasteiger partial charge >= 0.3 is 6.03 Å². The zero-order valence-corrected chi connectivity index (χ0v) is 16.3. The molecule has 3 amide bonds. The highest BCUT2D eigenvalue weighted by atomic mass is 16.5. The third-order valence-corrected chi connectivity index (χ3v) is 4.74. The summed E-state index contributed by atoms with van der Waals surface area (Å²) >= 11 is 0. The number of hydrogen-bond donors (Lipinski definition) is 2. The molecule has 2 aromatic rings. The van der Waals surface area contributed by atoms with E-state index in [0.717, 1.165) is 11.3 Å². The molecule has 7 nitrogen and oxygen atoms in total. The molecule has 0 radical (unpaired) electrons. The predicted molar refractivity (Wildman–Crippen MR) is 108 cm³/mol. The SMILES string of the molecule is COc1ccc(NC(=O)NC[C@H]2CC(=O)N(c3ccc(C)cc3)C2)cc1OC. The summed E-state index contributed by atoms with van der Waals surface area (Å²) in [5, 5.41) is 5.61. The van der Waals surface area contributed by atoms with E-state index in [4.69, 9.17) is 9.47 Å². The number of hydrogen-bond acceptors (Lipinski definition) is 4. The second-order valence-corrected chi connectivity index (χ2v) is 6.81. The van der Waals surface area contributed by atoms with E-state index < -0.39 is 0 Å². The number of rotatable bonds is 6. The van der Waals surface area contributed by atoms with Crippen molar-refractivity contribution in [2.45, 2.75) is 13.3 Å². The Morgan fingerprint density at radius 3 is 2.50 bits per heavy atom. The van der Waals surface area contributed by atoms with E-state index in [1.807, 2.05) is 31.2 Å². The lowest BCUT2D eigenvalue weighted by atomic mass is 10.1. The first-order chi connectivity index (χ1) is 13.5. The third-order valence-electron chi connectivity index (χ3n) is 4.74. The zero-order chi connectivity index (χ0) is 20.1. The van der Waals surface area contributed by atoms with Gasteiger partial charge in [-0.25, -0.2) is 4.79 Å². The van der Waals surface area contributed by atoms with Gasteiger partial charge in [-0.2, -0.15) is 0 Å². The summed E-state index contributed by atoms with van der Waals surface area (Å²) in [6.45, 7) is 3.03. The summed E-state index contributed by atoms with van der Waals surface area (Å²) in [4.78, 5) is 26.3. The number of amides is 3. The molecule has 1 aliphatic heterocycles. The van der Waals surface area contributed by atoms with Crippen LogP contribution in [0.15, 0.2) is 42.5 Å². The van der Waals surface area contributed by atoms with Crippen LogP contribution >= 0.6 is 0 Å². The molecule has 1 heterocycles. The van der Waals surface area contributed by atoms with Crippen LogP contribution in [0.1, 0.15) is 12.0 Å². The van der Waals surface area contributed by atoms with Gasteiger partial charge in [-0.3, -0.25) is 4.79 Å². The molecular weight excluding hydrogens is 358 g/mol. The highest BCUT2D eigenvalue weighted by Gasteiger charge is 2.30. The summed E-state index contributed by atoms with van der Waals surface area (Å²) in [5.41, 5.74) is 2.65. The van der Waals surface area contributed by atoms with Gasteiger partial charge in [0.15, 0.2) is 11.5 Å². The minimum absolute atomic E-state index is 0.0740. The molecule has 148 valence electrons. The average Bonchev–Trinajstić information content (AvgIpc) is 3.07. The fraction of sp³-hybridized carbons (Fsp3) is 0.333. The van der Waals surface area contributed by atoms with Crippen LogP contribution in [0.25, 0.3) is 0 Å². The number of anilines is 2. The van der Waals surface area contributed by atoms with Gasteiger partial charge in [-0.1, -0.05) is 17.7 Å². The van der Waals surface area contributed by atoms with Crippen LogP contribution in [-0.2, 0) is 4.79 Å². The van der Waals surface area contributed by atoms with E-state index in [1.165, 1.54) is 0 Å². The van der Waals surface area contributed by atoms with Gasteiger partial charge in [-0.05, 0) is 31.2 Å². The lowest BCUT2D eigenvalue weighted by Crippen LogP contribution is -2.34. The highest BCUT2D eigenvalue weighted by Crippen LogP contribution is 2.29. The fourth-order valence-corrected chi connectivity index (χ4v) is 3.22. The number of aryl methyl sites for hydroxylation is 1. The maximum Gasteiger partial charge on any atom is 0.319 e. The van der Waals surface area contributed by atoms with Gasteiger partial charge in [0, 0.05) is 42.9 Å². The van der Waals surface area contributed by atoms with Crippen molar-refractivity contribution in [2.75, 3.05) is 37.5 Å². The van der Waals surface area contributed by atoms with Gasteiger partial charge in [0.1, 0.15) is 0 Å². The van der Waals surface area contributed by atoms with Crippen LogP contribution in [-0.4, -0.2) is 39.2 Å². The zero-order valence-electron chi connectivity index (χ0n) is 16.3. The summed E-state index contributed by atoms with van der Waals surface area (Å²) < 4.78 is 10.4. The maximum absolute atomic E-state index is 12.3. The van der Waals surface area contributed by atoms with Crippen LogP contribution in [0.2, 0.25) is 0 Å². The van der Waals surface area contributed by atoms with Crippen molar-refractivity contribution in [1.29, 1.82) is 0 Å². The lowest BCUT2D eigenvalue weighted by Gasteiger charge is -2.17. The van der Waals surface area contributed by atoms with Crippen molar-refractivity contribution < 1.29 is 19.1 Å². The van der Waals surface area contributed by atoms with E-state index in [2.05, 4.69) is 10.6 Å². The van der Waals surface area contributed by atoms with E-state index in [-0.39, 0.29) is 17.9 Å². The third kappa shape index (κ3) is 4.54. The molecule has 1 aliphatic rings. The molecule has 1 fully saturated rings. The molecule has 0 aromatic heterocycles. The van der Waals surface area contributed by atoms with Crippen molar-refractivity contribution in [2.24, 2.45) is 5.92 Å². The Hall–Kier alpha value is -3.22. The molecule has 3 rings (SSSR count). The number of methoxy groups -OCH3 is 2. The molecule has 0 unspecified atom stereocenters. The van der Waals surface area contributed by atoms with Crippen LogP contribution < -0.4 is 25.0 Å². The summed E-state index contributed by atoms with van der Waals surface area (Å²) in [6.07, 6.45) is 0.421. The van der Waals surface area contributed by atoms with E-state index in [0.29, 0.717) is 36.7 Å². The smallest absolute Gasteiger partial charge is 0.319 e.